The van der Waals surface area contributed by atoms with Crippen LogP contribution in [-0.2, 0) is 4.79 Å². The molecular weight excluding hydrogens is 409 g/mol. The van der Waals surface area contributed by atoms with Crippen LogP contribution in [0.2, 0.25) is 0 Å². The van der Waals surface area contributed by atoms with E-state index < -0.39 is 0 Å². The minimum absolute atomic E-state index is 0.254. The molecule has 1 aromatic heterocycles. The Morgan fingerprint density at radius 1 is 0.938 bits per heavy atom. The van der Waals surface area contributed by atoms with Crippen molar-refractivity contribution in [2.45, 2.75) is 6.92 Å². The van der Waals surface area contributed by atoms with E-state index in [1.807, 2.05) is 24.3 Å². The molecule has 3 aromatic carbocycles. The Morgan fingerprint density at radius 3 is 2.41 bits per heavy atom. The molecule has 0 atom stereocenters. The maximum Gasteiger partial charge on any atom is 0.256 e. The summed E-state index contributed by atoms with van der Waals surface area (Å²) in [5.74, 6) is -0.463. The Balaban J connectivity index is 1.73. The van der Waals surface area contributed by atoms with Crippen molar-refractivity contribution in [2.75, 3.05) is 17.7 Å². The van der Waals surface area contributed by atoms with Crippen LogP contribution in [0.4, 0.5) is 15.8 Å². The van der Waals surface area contributed by atoms with Gasteiger partial charge in [0.25, 0.3) is 5.91 Å². The number of carbonyl (C=O) groups excluding carboxylic acids is 2. The van der Waals surface area contributed by atoms with Crippen LogP contribution in [0.1, 0.15) is 17.3 Å². The fourth-order valence-electron chi connectivity index (χ4n) is 3.40. The number of nitrogens with zero attached hydrogens (tertiary/aromatic N) is 1. The highest BCUT2D eigenvalue weighted by molar-refractivity contribution is 6.13. The molecule has 2 N–H and O–H groups in total. The van der Waals surface area contributed by atoms with E-state index in [9.17, 15) is 14.0 Å². The van der Waals surface area contributed by atoms with Crippen LogP contribution in [0.25, 0.3) is 22.2 Å². The van der Waals surface area contributed by atoms with Gasteiger partial charge in [0.05, 0.1) is 29.6 Å². The summed E-state index contributed by atoms with van der Waals surface area (Å²) in [6.07, 6.45) is 0. The van der Waals surface area contributed by atoms with Crippen molar-refractivity contribution in [3.63, 3.8) is 0 Å². The van der Waals surface area contributed by atoms with E-state index in [2.05, 4.69) is 15.6 Å². The first-order chi connectivity index (χ1) is 15.4. The third kappa shape index (κ3) is 4.41. The van der Waals surface area contributed by atoms with Gasteiger partial charge in [-0.15, -0.1) is 0 Å². The number of pyridine rings is 1. The molecule has 160 valence electrons. The van der Waals surface area contributed by atoms with Crippen molar-refractivity contribution in [1.29, 1.82) is 0 Å². The number of carbonyl (C=O) groups is 2. The average molecular weight is 429 g/mol. The standard InChI is InChI=1S/C25H20FN3O3/c1-15(30)27-23-13-18(11-12-24(23)32-2)28-25(31)20-14-22(16-7-9-17(26)10-8-16)29-21-6-4-3-5-19(20)21/h3-14H,1-2H3,(H,27,30)(H,28,31). The lowest BCUT2D eigenvalue weighted by Crippen LogP contribution is -2.14. The molecule has 0 aliphatic rings. The molecule has 1 heterocycles. The molecule has 0 saturated heterocycles. The zero-order chi connectivity index (χ0) is 22.7. The van der Waals surface area contributed by atoms with E-state index in [0.29, 0.717) is 44.8 Å². The van der Waals surface area contributed by atoms with E-state index in [1.165, 1.54) is 26.2 Å². The van der Waals surface area contributed by atoms with E-state index in [1.54, 1.807) is 36.4 Å². The number of rotatable bonds is 5. The lowest BCUT2D eigenvalue weighted by Gasteiger charge is -2.13. The highest BCUT2D eigenvalue weighted by atomic mass is 19.1. The van der Waals surface area contributed by atoms with Crippen LogP contribution in [-0.4, -0.2) is 23.9 Å². The number of methoxy groups -OCH3 is 1. The summed E-state index contributed by atoms with van der Waals surface area (Å²) in [6.45, 7) is 1.39. The summed E-state index contributed by atoms with van der Waals surface area (Å²) in [5.41, 5.74) is 3.26. The first kappa shape index (κ1) is 21.0. The summed E-state index contributed by atoms with van der Waals surface area (Å²) in [7, 11) is 1.50. The Labute approximate surface area is 184 Å². The quantitative estimate of drug-likeness (QED) is 0.454. The largest absolute Gasteiger partial charge is 0.495 e. The zero-order valence-corrected chi connectivity index (χ0v) is 17.5. The van der Waals surface area contributed by atoms with Crippen molar-refractivity contribution >= 4 is 34.1 Å². The van der Waals surface area contributed by atoms with E-state index in [0.717, 1.165) is 0 Å². The van der Waals surface area contributed by atoms with Crippen molar-refractivity contribution in [2.24, 2.45) is 0 Å². The number of ether oxygens (including phenoxy) is 1. The molecule has 0 aliphatic carbocycles. The molecule has 4 aromatic rings. The fourth-order valence-corrected chi connectivity index (χ4v) is 3.40. The monoisotopic (exact) mass is 429 g/mol. The van der Waals surface area contributed by atoms with Crippen LogP contribution >= 0.6 is 0 Å². The van der Waals surface area contributed by atoms with Gasteiger partial charge in [-0.1, -0.05) is 18.2 Å². The SMILES string of the molecule is COc1ccc(NC(=O)c2cc(-c3ccc(F)cc3)nc3ccccc23)cc1NC(C)=O. The van der Waals surface area contributed by atoms with E-state index in [-0.39, 0.29) is 17.6 Å². The third-order valence-corrected chi connectivity index (χ3v) is 4.87. The first-order valence-electron chi connectivity index (χ1n) is 9.87. The van der Waals surface area contributed by atoms with Gasteiger partial charge in [-0.3, -0.25) is 9.59 Å². The summed E-state index contributed by atoms with van der Waals surface area (Å²) in [6, 6.07) is 19.9. The Bertz CT molecular complexity index is 1320. The second-order valence-corrected chi connectivity index (χ2v) is 7.13. The Kier molecular flexibility index (Phi) is 5.81. The molecule has 6 nitrogen and oxygen atoms in total. The van der Waals surface area contributed by atoms with Gasteiger partial charge in [0.15, 0.2) is 0 Å². The number of hydrogen-bond donors (Lipinski definition) is 2. The predicted octanol–water partition coefficient (Wildman–Crippen LogP) is 5.26. The van der Waals surface area contributed by atoms with Gasteiger partial charge in [0.1, 0.15) is 11.6 Å². The predicted molar refractivity (Wildman–Crippen MR) is 122 cm³/mol. The van der Waals surface area contributed by atoms with Gasteiger partial charge in [-0.25, -0.2) is 9.37 Å². The van der Waals surface area contributed by atoms with E-state index in [4.69, 9.17) is 4.74 Å². The van der Waals surface area contributed by atoms with Gasteiger partial charge in [0.2, 0.25) is 5.91 Å². The molecule has 0 spiro atoms. The highest BCUT2D eigenvalue weighted by Gasteiger charge is 2.15. The number of hydrogen-bond acceptors (Lipinski definition) is 4. The second-order valence-electron chi connectivity index (χ2n) is 7.13. The van der Waals surface area contributed by atoms with Crippen molar-refractivity contribution < 1.29 is 18.7 Å². The lowest BCUT2D eigenvalue weighted by molar-refractivity contribution is -0.114. The Morgan fingerprint density at radius 2 is 1.69 bits per heavy atom. The van der Waals surface area contributed by atoms with Crippen molar-refractivity contribution in [3.05, 3.63) is 84.2 Å². The van der Waals surface area contributed by atoms with Gasteiger partial charge in [-0.2, -0.15) is 0 Å². The van der Waals surface area contributed by atoms with Gasteiger partial charge >= 0.3 is 0 Å². The lowest BCUT2D eigenvalue weighted by atomic mass is 10.0. The minimum Gasteiger partial charge on any atom is -0.495 e. The van der Waals surface area contributed by atoms with Crippen LogP contribution in [0, 0.1) is 5.82 Å². The average Bonchev–Trinajstić information content (AvgIpc) is 2.78. The van der Waals surface area contributed by atoms with Gasteiger partial charge in [-0.05, 0) is 54.6 Å². The third-order valence-electron chi connectivity index (χ3n) is 4.87. The topological polar surface area (TPSA) is 80.3 Å². The molecule has 2 amide bonds. The van der Waals surface area contributed by atoms with E-state index >= 15 is 0 Å². The van der Waals surface area contributed by atoms with Gasteiger partial charge < -0.3 is 15.4 Å². The van der Waals surface area contributed by atoms with Gasteiger partial charge in [0, 0.05) is 23.6 Å². The number of anilines is 2. The number of halogens is 1. The highest BCUT2D eigenvalue weighted by Crippen LogP contribution is 2.29. The van der Waals surface area contributed by atoms with Crippen LogP contribution in [0.3, 0.4) is 0 Å². The molecule has 0 aliphatic heterocycles. The summed E-state index contributed by atoms with van der Waals surface area (Å²) in [5, 5.41) is 6.24. The van der Waals surface area contributed by atoms with Crippen molar-refractivity contribution in [1.82, 2.24) is 4.98 Å². The molecule has 0 fully saturated rings. The van der Waals surface area contributed by atoms with Crippen LogP contribution in [0.15, 0.2) is 72.8 Å². The first-order valence-corrected chi connectivity index (χ1v) is 9.87. The molecule has 0 unspecified atom stereocenters. The summed E-state index contributed by atoms with van der Waals surface area (Å²) >= 11 is 0. The molecular formula is C25H20FN3O3. The molecule has 0 saturated carbocycles. The number of fused-ring (bicyclic) bond motifs is 1. The normalized spacial score (nSPS) is 10.6. The Hall–Kier alpha value is -4.26. The van der Waals surface area contributed by atoms with Crippen molar-refractivity contribution in [3.8, 4) is 17.0 Å². The fraction of sp³-hybridized carbons (Fsp3) is 0.0800. The molecule has 4 rings (SSSR count). The number of nitrogens with one attached hydrogen (secondary N) is 2. The molecule has 0 radical (unpaired) electrons. The minimum atomic E-state index is -0.345. The molecule has 7 heteroatoms. The number of para-hydroxylation sites is 1. The zero-order valence-electron chi connectivity index (χ0n) is 17.5. The molecule has 32 heavy (non-hydrogen) atoms. The maximum absolute atomic E-state index is 13.4. The summed E-state index contributed by atoms with van der Waals surface area (Å²) < 4.78 is 18.6. The smallest absolute Gasteiger partial charge is 0.256 e. The van der Waals surface area contributed by atoms with Crippen LogP contribution < -0.4 is 15.4 Å². The maximum atomic E-state index is 13.4. The molecule has 0 bridgehead atoms. The van der Waals surface area contributed by atoms with Crippen LogP contribution in [0.5, 0.6) is 5.75 Å². The second kappa shape index (κ2) is 8.85. The number of benzene rings is 3. The summed E-state index contributed by atoms with van der Waals surface area (Å²) in [4.78, 5) is 29.4. The number of amides is 2. The number of aromatic nitrogens is 1.